The van der Waals surface area contributed by atoms with Crippen molar-refractivity contribution in [3.05, 3.63) is 33.9 Å². The molecular formula is C16H20N2O6. The zero-order chi connectivity index (χ0) is 17.9. The summed E-state index contributed by atoms with van der Waals surface area (Å²) < 4.78 is 4.91. The van der Waals surface area contributed by atoms with Gasteiger partial charge in [-0.05, 0) is 31.9 Å². The van der Waals surface area contributed by atoms with Crippen molar-refractivity contribution in [3.8, 4) is 5.75 Å². The normalized spacial score (nSPS) is 23.3. The van der Waals surface area contributed by atoms with Crippen molar-refractivity contribution in [2.75, 3.05) is 7.11 Å². The highest BCUT2D eigenvalue weighted by Gasteiger charge is 2.42. The lowest BCUT2D eigenvalue weighted by molar-refractivity contribution is -0.385. The third kappa shape index (κ3) is 3.47. The first kappa shape index (κ1) is 17.7. The fourth-order valence-electron chi connectivity index (χ4n) is 3.18. The van der Waals surface area contributed by atoms with Crippen LogP contribution in [0.25, 0.3) is 0 Å². The maximum atomic E-state index is 12.5. The Morgan fingerprint density at radius 1 is 1.42 bits per heavy atom. The Hall–Kier alpha value is -2.64. The number of nitrogens with zero attached hydrogens (tertiary/aromatic N) is 1. The average Bonchev–Trinajstić information content (AvgIpc) is 2.53. The van der Waals surface area contributed by atoms with Crippen LogP contribution in [-0.2, 0) is 4.79 Å². The molecule has 1 saturated carbocycles. The number of ether oxygens (including phenoxy) is 1. The standard InChI is InChI=1S/C16H20N2O6/c1-16(8-4-3-5-11(16)15(20)21)17-14(19)10-6-7-13(24-2)12(9-10)18(22)23/h6-7,9,11H,3-5,8H2,1-2H3,(H,17,19)(H,20,21). The van der Waals surface area contributed by atoms with Gasteiger partial charge in [0.1, 0.15) is 0 Å². The molecule has 2 rings (SSSR count). The first-order valence-corrected chi connectivity index (χ1v) is 7.66. The molecule has 1 aliphatic carbocycles. The van der Waals surface area contributed by atoms with Crippen LogP contribution in [0.2, 0.25) is 0 Å². The SMILES string of the molecule is COc1ccc(C(=O)NC2(C)CCCCC2C(=O)O)cc1[N+](=O)[O-]. The lowest BCUT2D eigenvalue weighted by Gasteiger charge is -2.39. The molecular weight excluding hydrogens is 316 g/mol. The number of benzene rings is 1. The van der Waals surface area contributed by atoms with Crippen molar-refractivity contribution >= 4 is 17.6 Å². The number of rotatable bonds is 5. The number of nitrogens with one attached hydrogen (secondary N) is 1. The van der Waals surface area contributed by atoms with Gasteiger partial charge < -0.3 is 15.2 Å². The molecule has 0 heterocycles. The molecule has 0 radical (unpaired) electrons. The van der Waals surface area contributed by atoms with E-state index in [9.17, 15) is 24.8 Å². The fourth-order valence-corrected chi connectivity index (χ4v) is 3.18. The van der Waals surface area contributed by atoms with Gasteiger partial charge in [-0.25, -0.2) is 0 Å². The van der Waals surface area contributed by atoms with Crippen molar-refractivity contribution < 1.29 is 24.4 Å². The van der Waals surface area contributed by atoms with Gasteiger partial charge in [0.25, 0.3) is 5.91 Å². The number of nitro groups is 1. The molecule has 24 heavy (non-hydrogen) atoms. The number of methoxy groups -OCH3 is 1. The lowest BCUT2D eigenvalue weighted by atomic mass is 9.73. The minimum Gasteiger partial charge on any atom is -0.490 e. The Balaban J connectivity index is 2.27. The van der Waals surface area contributed by atoms with Gasteiger partial charge in [0, 0.05) is 11.6 Å². The number of amides is 1. The number of carboxylic acid groups (broad SMARTS) is 1. The van der Waals surface area contributed by atoms with E-state index >= 15 is 0 Å². The Labute approximate surface area is 139 Å². The Kier molecular flexibility index (Phi) is 5.06. The Morgan fingerprint density at radius 2 is 2.12 bits per heavy atom. The third-order valence-electron chi connectivity index (χ3n) is 4.54. The van der Waals surface area contributed by atoms with Crippen molar-refractivity contribution in [1.29, 1.82) is 0 Å². The predicted molar refractivity (Wildman–Crippen MR) is 85.1 cm³/mol. The molecule has 1 amide bonds. The first-order valence-electron chi connectivity index (χ1n) is 7.66. The van der Waals surface area contributed by atoms with E-state index in [2.05, 4.69) is 5.32 Å². The number of hydrogen-bond donors (Lipinski definition) is 2. The van der Waals surface area contributed by atoms with E-state index in [1.54, 1.807) is 6.92 Å². The van der Waals surface area contributed by atoms with E-state index in [1.807, 2.05) is 0 Å². The molecule has 0 aliphatic heterocycles. The van der Waals surface area contributed by atoms with Gasteiger partial charge in [-0.3, -0.25) is 19.7 Å². The predicted octanol–water partition coefficient (Wildman–Crippen LogP) is 2.37. The number of carboxylic acids is 1. The second kappa shape index (κ2) is 6.86. The molecule has 0 aromatic heterocycles. The minimum atomic E-state index is -0.946. The van der Waals surface area contributed by atoms with Crippen LogP contribution in [0.4, 0.5) is 5.69 Å². The zero-order valence-electron chi connectivity index (χ0n) is 13.6. The second-order valence-electron chi connectivity index (χ2n) is 6.15. The molecule has 2 unspecified atom stereocenters. The number of aliphatic carboxylic acids is 1. The summed E-state index contributed by atoms with van der Waals surface area (Å²) in [6.45, 7) is 1.71. The molecule has 8 heteroatoms. The number of nitro benzene ring substituents is 1. The summed E-state index contributed by atoms with van der Waals surface area (Å²) >= 11 is 0. The van der Waals surface area contributed by atoms with Crippen LogP contribution in [0.15, 0.2) is 18.2 Å². The summed E-state index contributed by atoms with van der Waals surface area (Å²) in [6, 6.07) is 3.91. The van der Waals surface area contributed by atoms with Crippen LogP contribution < -0.4 is 10.1 Å². The maximum Gasteiger partial charge on any atom is 0.311 e. The molecule has 130 valence electrons. The van der Waals surface area contributed by atoms with Crippen LogP contribution in [0, 0.1) is 16.0 Å². The van der Waals surface area contributed by atoms with Gasteiger partial charge >= 0.3 is 11.7 Å². The van der Waals surface area contributed by atoms with E-state index in [0.717, 1.165) is 18.9 Å². The lowest BCUT2D eigenvalue weighted by Crippen LogP contribution is -2.55. The average molecular weight is 336 g/mol. The first-order chi connectivity index (χ1) is 11.3. The van der Waals surface area contributed by atoms with Crippen LogP contribution in [0.1, 0.15) is 43.0 Å². The van der Waals surface area contributed by atoms with E-state index in [0.29, 0.717) is 12.8 Å². The number of carbonyl (C=O) groups excluding carboxylic acids is 1. The van der Waals surface area contributed by atoms with Crippen LogP contribution in [0.3, 0.4) is 0 Å². The van der Waals surface area contributed by atoms with Crippen molar-refractivity contribution in [3.63, 3.8) is 0 Å². The molecule has 1 aromatic carbocycles. The minimum absolute atomic E-state index is 0.0591. The van der Waals surface area contributed by atoms with E-state index < -0.39 is 28.3 Å². The molecule has 0 spiro atoms. The van der Waals surface area contributed by atoms with Gasteiger partial charge in [-0.2, -0.15) is 0 Å². The van der Waals surface area contributed by atoms with Gasteiger partial charge in [-0.1, -0.05) is 12.8 Å². The van der Waals surface area contributed by atoms with Gasteiger partial charge in [0.2, 0.25) is 0 Å². The molecule has 0 bridgehead atoms. The van der Waals surface area contributed by atoms with Crippen molar-refractivity contribution in [2.24, 2.45) is 5.92 Å². The van der Waals surface area contributed by atoms with E-state index in [1.165, 1.54) is 19.2 Å². The summed E-state index contributed by atoms with van der Waals surface area (Å²) in [5.41, 5.74) is -1.09. The fraction of sp³-hybridized carbons (Fsp3) is 0.500. The van der Waals surface area contributed by atoms with Crippen LogP contribution in [-0.4, -0.2) is 34.6 Å². The zero-order valence-corrected chi connectivity index (χ0v) is 13.6. The van der Waals surface area contributed by atoms with Crippen molar-refractivity contribution in [1.82, 2.24) is 5.32 Å². The third-order valence-corrected chi connectivity index (χ3v) is 4.54. The van der Waals surface area contributed by atoms with Crippen LogP contribution in [0.5, 0.6) is 5.75 Å². The van der Waals surface area contributed by atoms with E-state index in [-0.39, 0.29) is 17.0 Å². The smallest absolute Gasteiger partial charge is 0.311 e. The number of carbonyl (C=O) groups is 2. The molecule has 2 N–H and O–H groups in total. The second-order valence-corrected chi connectivity index (χ2v) is 6.15. The molecule has 1 aromatic rings. The summed E-state index contributed by atoms with van der Waals surface area (Å²) in [5.74, 6) is -2.10. The van der Waals surface area contributed by atoms with Crippen molar-refractivity contribution in [2.45, 2.75) is 38.1 Å². The highest BCUT2D eigenvalue weighted by Crippen LogP contribution is 2.34. The summed E-state index contributed by atoms with van der Waals surface area (Å²) in [6.07, 6.45) is 2.67. The highest BCUT2D eigenvalue weighted by molar-refractivity contribution is 5.96. The highest BCUT2D eigenvalue weighted by atomic mass is 16.6. The van der Waals surface area contributed by atoms with Gasteiger partial charge in [0.15, 0.2) is 5.75 Å². The van der Waals surface area contributed by atoms with Gasteiger partial charge in [-0.15, -0.1) is 0 Å². The molecule has 0 saturated heterocycles. The topological polar surface area (TPSA) is 119 Å². The Morgan fingerprint density at radius 3 is 2.71 bits per heavy atom. The number of hydrogen-bond acceptors (Lipinski definition) is 5. The summed E-state index contributed by atoms with van der Waals surface area (Å²) in [7, 11) is 1.31. The van der Waals surface area contributed by atoms with E-state index in [4.69, 9.17) is 4.74 Å². The molecule has 8 nitrogen and oxygen atoms in total. The Bertz CT molecular complexity index is 675. The quantitative estimate of drug-likeness (QED) is 0.629. The molecule has 1 aliphatic rings. The molecule has 1 fully saturated rings. The monoisotopic (exact) mass is 336 g/mol. The van der Waals surface area contributed by atoms with Gasteiger partial charge in [0.05, 0.1) is 23.5 Å². The van der Waals surface area contributed by atoms with Crippen LogP contribution >= 0.6 is 0 Å². The maximum absolute atomic E-state index is 12.5. The largest absolute Gasteiger partial charge is 0.490 e. The summed E-state index contributed by atoms with van der Waals surface area (Å²) in [5, 5.41) is 23.2. The molecule has 2 atom stereocenters. The summed E-state index contributed by atoms with van der Waals surface area (Å²) in [4.78, 5) is 34.4.